The number of hydrogen-bond acceptors (Lipinski definition) is 3. The number of halogens is 4. The molecule has 84 valence electrons. The van der Waals surface area contributed by atoms with Crippen molar-refractivity contribution in [3.8, 4) is 0 Å². The topological polar surface area (TPSA) is 63.4 Å². The molecule has 2 unspecified atom stereocenters. The normalized spacial score (nSPS) is 26.9. The molecule has 4 nitrogen and oxygen atoms in total. The Hall–Kier alpha value is -1.24. The average molecular weight is 244 g/mol. The highest BCUT2D eigenvalue weighted by Crippen LogP contribution is 2.37. The molecule has 0 aromatic rings. The maximum Gasteiger partial charge on any atom is 0.397 e. The third kappa shape index (κ3) is 2.41. The third-order valence-corrected chi connectivity index (χ3v) is 2.23. The van der Waals surface area contributed by atoms with Crippen molar-refractivity contribution < 1.29 is 23.2 Å². The van der Waals surface area contributed by atoms with Gasteiger partial charge in [-0.2, -0.15) is 13.2 Å². The van der Waals surface area contributed by atoms with Crippen LogP contribution in [-0.2, 0) is 0 Å². The van der Waals surface area contributed by atoms with Crippen molar-refractivity contribution in [1.82, 2.24) is 0 Å². The van der Waals surface area contributed by atoms with Crippen LogP contribution in [0.2, 0.25) is 0 Å². The van der Waals surface area contributed by atoms with Gasteiger partial charge in [0.05, 0.1) is 16.2 Å². The van der Waals surface area contributed by atoms with Crippen molar-refractivity contribution in [3.63, 3.8) is 0 Å². The predicted octanol–water partition coefficient (Wildman–Crippen LogP) is 2.39. The lowest BCUT2D eigenvalue weighted by molar-refractivity contribution is -0.425. The van der Waals surface area contributed by atoms with E-state index in [4.69, 9.17) is 16.7 Å². The molecule has 1 aliphatic carbocycles. The van der Waals surface area contributed by atoms with Crippen LogP contribution in [-0.4, -0.2) is 21.6 Å². The molecule has 0 fully saturated rings. The second-order valence-electron chi connectivity index (χ2n) is 2.87. The van der Waals surface area contributed by atoms with Gasteiger partial charge in [-0.25, -0.2) is 0 Å². The maximum absolute atomic E-state index is 12.3. The smallest absolute Gasteiger partial charge is 0.397 e. The summed E-state index contributed by atoms with van der Waals surface area (Å²) >= 11 is 5.31. The lowest BCUT2D eigenvalue weighted by Gasteiger charge is -2.22. The molecule has 0 bridgehead atoms. The first-order valence-corrected chi connectivity index (χ1v) is 4.15. The molecule has 0 saturated heterocycles. The minimum atomic E-state index is -4.68. The first-order valence-electron chi connectivity index (χ1n) is 3.71. The fraction of sp³-hybridized carbons (Fsp3) is 0.429. The molecule has 15 heavy (non-hydrogen) atoms. The van der Waals surface area contributed by atoms with E-state index in [1.165, 1.54) is 0 Å². The van der Waals surface area contributed by atoms with Crippen LogP contribution >= 0.6 is 11.6 Å². The van der Waals surface area contributed by atoms with Gasteiger partial charge in [-0.15, -0.1) is 11.6 Å². The molecule has 1 aliphatic rings. The molecule has 0 saturated carbocycles. The van der Waals surface area contributed by atoms with Crippen molar-refractivity contribution in [2.24, 2.45) is 5.92 Å². The van der Waals surface area contributed by atoms with E-state index in [9.17, 15) is 23.3 Å². The van der Waals surface area contributed by atoms with Crippen molar-refractivity contribution in [2.75, 3.05) is 0 Å². The van der Waals surface area contributed by atoms with E-state index in [1.54, 1.807) is 0 Å². The van der Waals surface area contributed by atoms with Crippen LogP contribution in [0.1, 0.15) is 0 Å². The third-order valence-electron chi connectivity index (χ3n) is 1.83. The van der Waals surface area contributed by atoms with Crippen molar-refractivity contribution >= 4 is 11.6 Å². The molecule has 0 heterocycles. The van der Waals surface area contributed by atoms with Gasteiger partial charge in [0.15, 0.2) is 5.76 Å². The van der Waals surface area contributed by atoms with Crippen LogP contribution in [0.5, 0.6) is 0 Å². The highest BCUT2D eigenvalue weighted by molar-refractivity contribution is 6.22. The lowest BCUT2D eigenvalue weighted by Crippen LogP contribution is -2.32. The molecule has 0 aromatic heterocycles. The summed E-state index contributed by atoms with van der Waals surface area (Å²) in [5.74, 6) is -3.00. The molecule has 0 radical (unpaired) electrons. The quantitative estimate of drug-likeness (QED) is 0.437. The molecule has 1 rings (SSSR count). The van der Waals surface area contributed by atoms with Gasteiger partial charge in [0.2, 0.25) is 0 Å². The zero-order chi connectivity index (χ0) is 11.8. The van der Waals surface area contributed by atoms with Gasteiger partial charge in [-0.3, -0.25) is 10.1 Å². The van der Waals surface area contributed by atoms with Crippen LogP contribution in [0.3, 0.4) is 0 Å². The summed E-state index contributed by atoms with van der Waals surface area (Å²) in [4.78, 5) is 9.18. The first kappa shape index (κ1) is 11.8. The molecular formula is C7H5ClF3NO3. The van der Waals surface area contributed by atoms with Gasteiger partial charge in [0.1, 0.15) is 0 Å². The number of rotatable bonds is 1. The highest BCUT2D eigenvalue weighted by Gasteiger charge is 2.46. The van der Waals surface area contributed by atoms with Gasteiger partial charge in [-0.1, -0.05) is 0 Å². The van der Waals surface area contributed by atoms with E-state index in [1.807, 2.05) is 0 Å². The predicted molar refractivity (Wildman–Crippen MR) is 45.0 cm³/mol. The Morgan fingerprint density at radius 1 is 1.47 bits per heavy atom. The fourth-order valence-corrected chi connectivity index (χ4v) is 1.45. The van der Waals surface area contributed by atoms with Gasteiger partial charge in [0.25, 0.3) is 0 Å². The molecular weight excluding hydrogens is 239 g/mol. The van der Waals surface area contributed by atoms with E-state index < -0.39 is 33.9 Å². The SMILES string of the molecule is O=[N+]([O-])C1=CC(C(F)(F)F)C(Cl)C=C1O. The Kier molecular flexibility index (Phi) is 2.94. The van der Waals surface area contributed by atoms with E-state index in [2.05, 4.69) is 0 Å². The van der Waals surface area contributed by atoms with E-state index >= 15 is 0 Å². The largest absolute Gasteiger partial charge is 0.502 e. The molecule has 0 spiro atoms. The Bertz CT molecular complexity index is 350. The molecule has 0 amide bonds. The number of alkyl halides is 4. The number of aliphatic hydroxyl groups is 1. The van der Waals surface area contributed by atoms with E-state index in [0.29, 0.717) is 12.2 Å². The number of allylic oxidation sites excluding steroid dienone is 2. The Morgan fingerprint density at radius 3 is 2.40 bits per heavy atom. The van der Waals surface area contributed by atoms with Gasteiger partial charge >= 0.3 is 11.9 Å². The minimum Gasteiger partial charge on any atom is -0.502 e. The zero-order valence-corrected chi connectivity index (χ0v) is 7.79. The Labute approximate surface area is 86.8 Å². The number of hydrogen-bond donors (Lipinski definition) is 1. The van der Waals surface area contributed by atoms with Crippen LogP contribution in [0.15, 0.2) is 23.6 Å². The van der Waals surface area contributed by atoms with Crippen molar-refractivity contribution in [3.05, 3.63) is 33.7 Å². The molecule has 8 heteroatoms. The first-order chi connectivity index (χ1) is 6.73. The summed E-state index contributed by atoms with van der Waals surface area (Å²) < 4.78 is 36.9. The van der Waals surface area contributed by atoms with Crippen LogP contribution in [0, 0.1) is 16.0 Å². The standard InChI is InChI=1S/C7H5ClF3NO3/c8-4-2-6(13)5(12(14)15)1-3(4)7(9,10)11/h1-4,13H. The van der Waals surface area contributed by atoms with Crippen LogP contribution in [0.25, 0.3) is 0 Å². The van der Waals surface area contributed by atoms with Gasteiger partial charge in [-0.05, 0) is 6.08 Å². The second kappa shape index (κ2) is 3.73. The second-order valence-corrected chi connectivity index (χ2v) is 3.38. The minimum absolute atomic E-state index is 0.312. The summed E-state index contributed by atoms with van der Waals surface area (Å²) in [5.41, 5.74) is -0.978. The number of nitrogens with zero attached hydrogens (tertiary/aromatic N) is 1. The Morgan fingerprint density at radius 2 is 2.00 bits per heavy atom. The molecule has 2 atom stereocenters. The van der Waals surface area contributed by atoms with Gasteiger partial charge < -0.3 is 5.11 Å². The summed E-state index contributed by atoms with van der Waals surface area (Å²) in [6, 6.07) is 0. The summed E-state index contributed by atoms with van der Waals surface area (Å²) in [5, 5.41) is 17.7. The molecule has 1 N–H and O–H groups in total. The van der Waals surface area contributed by atoms with E-state index in [0.717, 1.165) is 0 Å². The van der Waals surface area contributed by atoms with Crippen molar-refractivity contribution in [2.45, 2.75) is 11.6 Å². The Balaban J connectivity index is 3.10. The summed E-state index contributed by atoms with van der Waals surface area (Å²) in [6.07, 6.45) is -3.75. The average Bonchev–Trinajstić information content (AvgIpc) is 2.00. The number of nitro groups is 1. The molecule has 0 aliphatic heterocycles. The van der Waals surface area contributed by atoms with Crippen molar-refractivity contribution in [1.29, 1.82) is 0 Å². The summed E-state index contributed by atoms with van der Waals surface area (Å²) in [6.45, 7) is 0. The lowest BCUT2D eigenvalue weighted by atomic mass is 9.97. The maximum atomic E-state index is 12.3. The van der Waals surface area contributed by atoms with E-state index in [-0.39, 0.29) is 0 Å². The van der Waals surface area contributed by atoms with Gasteiger partial charge in [0, 0.05) is 6.08 Å². The monoisotopic (exact) mass is 243 g/mol. The van der Waals surface area contributed by atoms with Crippen LogP contribution < -0.4 is 0 Å². The summed E-state index contributed by atoms with van der Waals surface area (Å²) in [7, 11) is 0. The zero-order valence-electron chi connectivity index (χ0n) is 7.03. The number of aliphatic hydroxyl groups excluding tert-OH is 1. The fourth-order valence-electron chi connectivity index (χ4n) is 1.12. The van der Waals surface area contributed by atoms with Crippen LogP contribution in [0.4, 0.5) is 13.2 Å². The highest BCUT2D eigenvalue weighted by atomic mass is 35.5. The molecule has 0 aromatic carbocycles.